The number of rotatable bonds is 3. The molecule has 1 N–H and O–H groups in total. The van der Waals surface area contributed by atoms with Crippen molar-refractivity contribution in [1.82, 2.24) is 0 Å². The van der Waals surface area contributed by atoms with Gasteiger partial charge < -0.3 is 9.52 Å². The first-order valence-electron chi connectivity index (χ1n) is 4.68. The summed E-state index contributed by atoms with van der Waals surface area (Å²) in [6, 6.07) is 3.88. The van der Waals surface area contributed by atoms with Crippen LogP contribution in [0.1, 0.15) is 25.0 Å². The molecule has 0 spiro atoms. The van der Waals surface area contributed by atoms with E-state index in [1.54, 1.807) is 18.0 Å². The minimum absolute atomic E-state index is 0.0973. The van der Waals surface area contributed by atoms with Crippen LogP contribution in [0.3, 0.4) is 0 Å². The molecule has 13 heavy (non-hydrogen) atoms. The zero-order chi connectivity index (χ0) is 9.10. The molecule has 2 atom stereocenters. The van der Waals surface area contributed by atoms with Crippen molar-refractivity contribution in [1.29, 1.82) is 0 Å². The molecule has 1 aromatic rings. The quantitative estimate of drug-likeness (QED) is 0.809. The van der Waals surface area contributed by atoms with Crippen LogP contribution in [0, 0.1) is 0 Å². The van der Waals surface area contributed by atoms with Crippen LogP contribution in [0.4, 0.5) is 0 Å². The van der Waals surface area contributed by atoms with Gasteiger partial charge in [0.1, 0.15) is 5.76 Å². The molecular weight excluding hydrogens is 184 g/mol. The minimum atomic E-state index is -0.0973. The first-order valence-corrected chi connectivity index (χ1v) is 5.73. The molecule has 1 aromatic heterocycles. The number of furan rings is 1. The predicted molar refractivity (Wildman–Crippen MR) is 53.6 cm³/mol. The lowest BCUT2D eigenvalue weighted by Crippen LogP contribution is -2.15. The average Bonchev–Trinajstić information content (AvgIpc) is 2.72. The van der Waals surface area contributed by atoms with Crippen LogP contribution in [0.15, 0.2) is 22.8 Å². The fourth-order valence-corrected chi connectivity index (χ4v) is 2.92. The maximum absolute atomic E-state index is 9.57. The summed E-state index contributed by atoms with van der Waals surface area (Å²) < 4.78 is 5.23. The van der Waals surface area contributed by atoms with Crippen LogP contribution in [0.2, 0.25) is 0 Å². The van der Waals surface area contributed by atoms with E-state index in [1.807, 2.05) is 12.1 Å². The van der Waals surface area contributed by atoms with Gasteiger partial charge in [0.05, 0.1) is 18.1 Å². The van der Waals surface area contributed by atoms with Crippen LogP contribution >= 0.6 is 11.8 Å². The molecule has 2 rings (SSSR count). The Hall–Kier alpha value is -0.410. The van der Waals surface area contributed by atoms with E-state index in [9.17, 15) is 5.11 Å². The minimum Gasteiger partial charge on any atom is -0.468 e. The highest BCUT2D eigenvalue weighted by Gasteiger charge is 2.25. The summed E-state index contributed by atoms with van der Waals surface area (Å²) in [5.74, 6) is 1.89. The van der Waals surface area contributed by atoms with Gasteiger partial charge in [-0.2, -0.15) is 0 Å². The second-order valence-electron chi connectivity index (χ2n) is 3.43. The lowest BCUT2D eigenvalue weighted by molar-refractivity contribution is 0.188. The van der Waals surface area contributed by atoms with E-state index in [0.717, 1.165) is 30.8 Å². The molecule has 1 saturated carbocycles. The third-order valence-corrected chi connectivity index (χ3v) is 3.87. The number of aliphatic hydroxyl groups is 1. The number of hydrogen-bond acceptors (Lipinski definition) is 3. The summed E-state index contributed by atoms with van der Waals surface area (Å²) in [5.41, 5.74) is 0. The molecule has 2 nitrogen and oxygen atoms in total. The first-order chi connectivity index (χ1) is 6.36. The fourth-order valence-electron chi connectivity index (χ4n) is 1.68. The van der Waals surface area contributed by atoms with Crippen LogP contribution in [-0.4, -0.2) is 16.5 Å². The van der Waals surface area contributed by atoms with E-state index in [1.165, 1.54) is 0 Å². The Morgan fingerprint density at radius 3 is 3.08 bits per heavy atom. The van der Waals surface area contributed by atoms with Gasteiger partial charge in [-0.25, -0.2) is 0 Å². The summed E-state index contributed by atoms with van der Waals surface area (Å²) in [7, 11) is 0. The summed E-state index contributed by atoms with van der Waals surface area (Å²) in [6.45, 7) is 0. The third kappa shape index (κ3) is 2.29. The average molecular weight is 198 g/mol. The standard InChI is InChI=1S/C10H14O2S/c11-9-4-1-5-10(9)13-7-8-3-2-6-12-8/h2-3,6,9-11H,1,4-5,7H2. The van der Waals surface area contributed by atoms with E-state index in [0.29, 0.717) is 5.25 Å². The van der Waals surface area contributed by atoms with Gasteiger partial charge in [0.2, 0.25) is 0 Å². The highest BCUT2D eigenvalue weighted by atomic mass is 32.2. The Morgan fingerprint density at radius 1 is 1.54 bits per heavy atom. The molecule has 2 unspecified atom stereocenters. The predicted octanol–water partition coefficient (Wildman–Crippen LogP) is 2.43. The normalized spacial score (nSPS) is 28.1. The first kappa shape index (κ1) is 9.16. The monoisotopic (exact) mass is 198 g/mol. The maximum atomic E-state index is 9.57. The Morgan fingerprint density at radius 2 is 2.46 bits per heavy atom. The van der Waals surface area contributed by atoms with E-state index in [2.05, 4.69) is 0 Å². The van der Waals surface area contributed by atoms with Gasteiger partial charge in [-0.05, 0) is 31.4 Å². The van der Waals surface area contributed by atoms with Crippen molar-refractivity contribution in [3.05, 3.63) is 24.2 Å². The van der Waals surface area contributed by atoms with Crippen molar-refractivity contribution in [2.75, 3.05) is 0 Å². The largest absolute Gasteiger partial charge is 0.468 e. The zero-order valence-corrected chi connectivity index (χ0v) is 8.30. The number of hydrogen-bond donors (Lipinski definition) is 1. The SMILES string of the molecule is OC1CCCC1SCc1ccco1. The molecule has 72 valence electrons. The van der Waals surface area contributed by atoms with Gasteiger partial charge in [-0.15, -0.1) is 11.8 Å². The van der Waals surface area contributed by atoms with Gasteiger partial charge in [-0.3, -0.25) is 0 Å². The van der Waals surface area contributed by atoms with Gasteiger partial charge >= 0.3 is 0 Å². The Balaban J connectivity index is 1.79. The van der Waals surface area contributed by atoms with E-state index >= 15 is 0 Å². The number of aliphatic hydroxyl groups excluding tert-OH is 1. The number of thioether (sulfide) groups is 1. The van der Waals surface area contributed by atoms with Crippen LogP contribution in [-0.2, 0) is 5.75 Å². The van der Waals surface area contributed by atoms with Crippen molar-refractivity contribution >= 4 is 11.8 Å². The second-order valence-corrected chi connectivity index (χ2v) is 4.65. The molecule has 0 bridgehead atoms. The van der Waals surface area contributed by atoms with Gasteiger partial charge in [-0.1, -0.05) is 0 Å². The van der Waals surface area contributed by atoms with Gasteiger partial charge in [0.25, 0.3) is 0 Å². The van der Waals surface area contributed by atoms with Crippen molar-refractivity contribution in [2.24, 2.45) is 0 Å². The molecule has 1 fully saturated rings. The molecular formula is C10H14O2S. The molecule has 0 aromatic carbocycles. The summed E-state index contributed by atoms with van der Waals surface area (Å²) in [6.07, 6.45) is 4.88. The van der Waals surface area contributed by atoms with Crippen molar-refractivity contribution < 1.29 is 9.52 Å². The lowest BCUT2D eigenvalue weighted by atomic mass is 10.3. The van der Waals surface area contributed by atoms with Crippen LogP contribution in [0.25, 0.3) is 0 Å². The molecule has 0 amide bonds. The molecule has 0 aliphatic heterocycles. The van der Waals surface area contributed by atoms with E-state index in [4.69, 9.17) is 4.42 Å². The molecule has 0 radical (unpaired) electrons. The molecule has 0 saturated heterocycles. The summed E-state index contributed by atoms with van der Waals surface area (Å²) in [5, 5.41) is 9.99. The summed E-state index contributed by atoms with van der Waals surface area (Å²) >= 11 is 1.81. The van der Waals surface area contributed by atoms with E-state index < -0.39 is 0 Å². The van der Waals surface area contributed by atoms with Gasteiger partial charge in [0.15, 0.2) is 0 Å². The van der Waals surface area contributed by atoms with Crippen molar-refractivity contribution in [3.63, 3.8) is 0 Å². The topological polar surface area (TPSA) is 33.4 Å². The van der Waals surface area contributed by atoms with Crippen molar-refractivity contribution in [3.8, 4) is 0 Å². The van der Waals surface area contributed by atoms with Crippen LogP contribution < -0.4 is 0 Å². The third-order valence-electron chi connectivity index (χ3n) is 2.44. The second kappa shape index (κ2) is 4.20. The van der Waals surface area contributed by atoms with Gasteiger partial charge in [0, 0.05) is 5.25 Å². The van der Waals surface area contributed by atoms with Crippen LogP contribution in [0.5, 0.6) is 0 Å². The highest BCUT2D eigenvalue weighted by Crippen LogP contribution is 2.31. The Bertz CT molecular complexity index is 245. The Kier molecular flexibility index (Phi) is 2.96. The maximum Gasteiger partial charge on any atom is 0.113 e. The lowest BCUT2D eigenvalue weighted by Gasteiger charge is -2.12. The fraction of sp³-hybridized carbons (Fsp3) is 0.600. The smallest absolute Gasteiger partial charge is 0.113 e. The molecule has 1 aliphatic carbocycles. The Labute approximate surface area is 82.3 Å². The highest BCUT2D eigenvalue weighted by molar-refractivity contribution is 7.99. The molecule has 1 heterocycles. The van der Waals surface area contributed by atoms with Crippen molar-refractivity contribution in [2.45, 2.75) is 36.4 Å². The zero-order valence-electron chi connectivity index (χ0n) is 7.48. The molecule has 1 aliphatic rings. The summed E-state index contributed by atoms with van der Waals surface area (Å²) in [4.78, 5) is 0. The molecule has 3 heteroatoms. The van der Waals surface area contributed by atoms with E-state index in [-0.39, 0.29) is 6.10 Å².